The summed E-state index contributed by atoms with van der Waals surface area (Å²) in [4.78, 5) is 10.9. The molecule has 0 amide bonds. The number of ketones is 1. The molecule has 0 aromatic heterocycles. The van der Waals surface area contributed by atoms with Gasteiger partial charge in [0.1, 0.15) is 5.78 Å². The summed E-state index contributed by atoms with van der Waals surface area (Å²) in [5, 5.41) is 0. The molecule has 58 valence electrons. The van der Waals surface area contributed by atoms with Crippen molar-refractivity contribution in [2.75, 3.05) is 0 Å². The van der Waals surface area contributed by atoms with Crippen molar-refractivity contribution >= 4 is 17.4 Å². The molecule has 0 fully saturated rings. The highest BCUT2D eigenvalue weighted by Crippen LogP contribution is 2.06. The molecule has 0 N–H and O–H groups in total. The topological polar surface area (TPSA) is 17.1 Å². The number of hydrogen-bond donors (Lipinski definition) is 0. The van der Waals surface area contributed by atoms with Crippen molar-refractivity contribution in [3.8, 4) is 0 Å². The average Bonchev–Trinajstić information content (AvgIpc) is 1.98. The van der Waals surface area contributed by atoms with Gasteiger partial charge in [0.05, 0.1) is 0 Å². The van der Waals surface area contributed by atoms with Crippen molar-refractivity contribution in [1.29, 1.82) is 0 Å². The Morgan fingerprint density at radius 3 is 2.70 bits per heavy atom. The number of carbonyl (C=O) groups excluding carboxylic acids is 1. The lowest BCUT2D eigenvalue weighted by molar-refractivity contribution is -0.121. The zero-order valence-corrected chi connectivity index (χ0v) is 7.19. The predicted molar refractivity (Wildman–Crippen MR) is 44.1 cm³/mol. The first-order valence-corrected chi connectivity index (χ1v) is 3.94. The molecule has 0 aromatic carbocycles. The SMILES string of the molecule is CCC(=O)C(C)C/C=C/Cl. The normalized spacial score (nSPS) is 13.9. The third kappa shape index (κ3) is 3.67. The van der Waals surface area contributed by atoms with Crippen LogP contribution in [0.1, 0.15) is 26.7 Å². The van der Waals surface area contributed by atoms with Gasteiger partial charge in [-0.25, -0.2) is 0 Å². The van der Waals surface area contributed by atoms with Crippen molar-refractivity contribution in [2.45, 2.75) is 26.7 Å². The van der Waals surface area contributed by atoms with Gasteiger partial charge < -0.3 is 0 Å². The number of halogens is 1. The van der Waals surface area contributed by atoms with Crippen LogP contribution in [0.2, 0.25) is 0 Å². The van der Waals surface area contributed by atoms with E-state index in [0.717, 1.165) is 6.42 Å². The van der Waals surface area contributed by atoms with E-state index >= 15 is 0 Å². The van der Waals surface area contributed by atoms with Crippen LogP contribution in [0.15, 0.2) is 11.6 Å². The highest BCUT2D eigenvalue weighted by molar-refractivity contribution is 6.25. The van der Waals surface area contributed by atoms with E-state index in [-0.39, 0.29) is 5.92 Å². The Balaban J connectivity index is 3.61. The van der Waals surface area contributed by atoms with E-state index in [1.54, 1.807) is 6.08 Å². The summed E-state index contributed by atoms with van der Waals surface area (Å²) in [7, 11) is 0. The largest absolute Gasteiger partial charge is 0.299 e. The zero-order valence-electron chi connectivity index (χ0n) is 6.43. The van der Waals surface area contributed by atoms with Crippen molar-refractivity contribution in [2.24, 2.45) is 5.92 Å². The third-order valence-corrected chi connectivity index (χ3v) is 1.66. The molecule has 0 spiro atoms. The second kappa shape index (κ2) is 5.48. The van der Waals surface area contributed by atoms with E-state index in [4.69, 9.17) is 11.6 Å². The minimum Gasteiger partial charge on any atom is -0.299 e. The lowest BCUT2D eigenvalue weighted by Crippen LogP contribution is -2.07. The van der Waals surface area contributed by atoms with Gasteiger partial charge in [-0.1, -0.05) is 31.5 Å². The molecule has 0 aliphatic rings. The number of allylic oxidation sites excluding steroid dienone is 1. The van der Waals surface area contributed by atoms with Crippen LogP contribution in [0.4, 0.5) is 0 Å². The monoisotopic (exact) mass is 160 g/mol. The lowest BCUT2D eigenvalue weighted by Gasteiger charge is -2.03. The van der Waals surface area contributed by atoms with Gasteiger partial charge in [-0.3, -0.25) is 4.79 Å². The molecule has 0 saturated heterocycles. The van der Waals surface area contributed by atoms with Crippen LogP contribution in [0.5, 0.6) is 0 Å². The van der Waals surface area contributed by atoms with Crippen molar-refractivity contribution in [3.63, 3.8) is 0 Å². The van der Waals surface area contributed by atoms with Crippen LogP contribution in [-0.4, -0.2) is 5.78 Å². The van der Waals surface area contributed by atoms with Crippen LogP contribution in [0, 0.1) is 5.92 Å². The zero-order chi connectivity index (χ0) is 7.98. The van der Waals surface area contributed by atoms with Gasteiger partial charge in [-0.2, -0.15) is 0 Å². The van der Waals surface area contributed by atoms with E-state index in [1.165, 1.54) is 5.54 Å². The molecule has 0 aliphatic carbocycles. The predicted octanol–water partition coefficient (Wildman–Crippen LogP) is 2.74. The van der Waals surface area contributed by atoms with E-state index < -0.39 is 0 Å². The maximum absolute atomic E-state index is 10.9. The van der Waals surface area contributed by atoms with Crippen LogP contribution in [-0.2, 0) is 4.79 Å². The van der Waals surface area contributed by atoms with E-state index in [0.29, 0.717) is 12.2 Å². The molecular weight excluding hydrogens is 148 g/mol. The summed E-state index contributed by atoms with van der Waals surface area (Å²) in [6.07, 6.45) is 3.19. The van der Waals surface area contributed by atoms with Crippen LogP contribution in [0.25, 0.3) is 0 Å². The molecule has 0 aliphatic heterocycles. The minimum atomic E-state index is 0.125. The number of carbonyl (C=O) groups is 1. The highest BCUT2D eigenvalue weighted by atomic mass is 35.5. The van der Waals surface area contributed by atoms with Gasteiger partial charge in [-0.15, -0.1) is 0 Å². The maximum Gasteiger partial charge on any atom is 0.135 e. The Morgan fingerprint density at radius 2 is 2.30 bits per heavy atom. The Morgan fingerprint density at radius 1 is 1.70 bits per heavy atom. The van der Waals surface area contributed by atoms with Gasteiger partial charge in [0.2, 0.25) is 0 Å². The summed E-state index contributed by atoms with van der Waals surface area (Å²) in [5.41, 5.74) is 1.46. The second-order valence-electron chi connectivity index (χ2n) is 2.32. The molecule has 1 nitrogen and oxygen atoms in total. The Kier molecular flexibility index (Phi) is 5.32. The summed E-state index contributed by atoms with van der Waals surface area (Å²) in [6.45, 7) is 3.80. The standard InChI is InChI=1S/C8H13ClO/c1-3-8(10)7(2)5-4-6-9/h4,6-7H,3,5H2,1-2H3/b6-4+. The Labute approximate surface area is 67.1 Å². The van der Waals surface area contributed by atoms with Crippen LogP contribution < -0.4 is 0 Å². The molecule has 0 radical (unpaired) electrons. The first-order valence-electron chi connectivity index (χ1n) is 3.50. The first kappa shape index (κ1) is 9.70. The van der Waals surface area contributed by atoms with Gasteiger partial charge in [-0.05, 0) is 6.42 Å². The van der Waals surface area contributed by atoms with E-state index in [9.17, 15) is 4.79 Å². The van der Waals surface area contributed by atoms with Gasteiger partial charge in [0, 0.05) is 17.9 Å². The number of hydrogen-bond acceptors (Lipinski definition) is 1. The molecule has 1 unspecified atom stereocenters. The minimum absolute atomic E-state index is 0.125. The number of rotatable bonds is 4. The molecule has 0 saturated carbocycles. The maximum atomic E-state index is 10.9. The third-order valence-electron chi connectivity index (χ3n) is 1.48. The molecule has 10 heavy (non-hydrogen) atoms. The van der Waals surface area contributed by atoms with E-state index in [2.05, 4.69) is 0 Å². The second-order valence-corrected chi connectivity index (χ2v) is 2.57. The number of Topliss-reactive ketones (excluding diaryl/α,β-unsaturated/α-hetero) is 1. The fraction of sp³-hybridized carbons (Fsp3) is 0.625. The highest BCUT2D eigenvalue weighted by Gasteiger charge is 2.07. The summed E-state index contributed by atoms with van der Waals surface area (Å²) in [5.74, 6) is 0.426. The molecule has 1 atom stereocenters. The average molecular weight is 161 g/mol. The molecule has 0 rings (SSSR count). The Bertz CT molecular complexity index is 129. The fourth-order valence-corrected chi connectivity index (χ4v) is 0.838. The summed E-state index contributed by atoms with van der Waals surface area (Å²) >= 11 is 5.30. The van der Waals surface area contributed by atoms with E-state index in [1.807, 2.05) is 13.8 Å². The molecule has 0 heterocycles. The fourth-order valence-electron chi connectivity index (χ4n) is 0.735. The first-order chi connectivity index (χ1) is 4.72. The summed E-state index contributed by atoms with van der Waals surface area (Å²) < 4.78 is 0. The quantitative estimate of drug-likeness (QED) is 0.618. The lowest BCUT2D eigenvalue weighted by atomic mass is 10.0. The molecule has 0 aromatic rings. The molecule has 2 heteroatoms. The van der Waals surface area contributed by atoms with Gasteiger partial charge >= 0.3 is 0 Å². The molecule has 0 bridgehead atoms. The Hall–Kier alpha value is -0.300. The van der Waals surface area contributed by atoms with Crippen LogP contribution in [0.3, 0.4) is 0 Å². The van der Waals surface area contributed by atoms with Crippen LogP contribution >= 0.6 is 11.6 Å². The van der Waals surface area contributed by atoms with Gasteiger partial charge in [0.15, 0.2) is 0 Å². The van der Waals surface area contributed by atoms with Crippen molar-refractivity contribution in [3.05, 3.63) is 11.6 Å². The van der Waals surface area contributed by atoms with Gasteiger partial charge in [0.25, 0.3) is 0 Å². The smallest absolute Gasteiger partial charge is 0.135 e. The summed E-state index contributed by atoms with van der Waals surface area (Å²) in [6, 6.07) is 0. The molecular formula is C8H13ClO. The van der Waals surface area contributed by atoms with Crippen molar-refractivity contribution in [1.82, 2.24) is 0 Å². The van der Waals surface area contributed by atoms with Crippen molar-refractivity contribution < 1.29 is 4.79 Å².